The molecule has 2 rings (SSSR count). The Hall–Kier alpha value is -1.15. The van der Waals surface area contributed by atoms with E-state index in [1.165, 1.54) is 25.3 Å². The summed E-state index contributed by atoms with van der Waals surface area (Å²) < 4.78 is 32.5. The maximum absolute atomic E-state index is 12.6. The van der Waals surface area contributed by atoms with Gasteiger partial charge in [0.05, 0.1) is 17.6 Å². The molecule has 122 valence electrons. The lowest BCUT2D eigenvalue weighted by atomic mass is 10.0. The molecule has 1 aliphatic rings. The van der Waals surface area contributed by atoms with Crippen LogP contribution in [0.5, 0.6) is 0 Å². The first-order chi connectivity index (χ1) is 10.3. The number of methoxy groups -OCH3 is 1. The van der Waals surface area contributed by atoms with Crippen molar-refractivity contribution in [1.82, 2.24) is 10.0 Å². The van der Waals surface area contributed by atoms with E-state index in [2.05, 4.69) is 14.8 Å². The van der Waals surface area contributed by atoms with Crippen molar-refractivity contribution < 1.29 is 17.9 Å². The molecule has 0 aliphatic carbocycles. The van der Waals surface area contributed by atoms with Gasteiger partial charge in [-0.25, -0.2) is 17.9 Å². The number of sulfonamides is 1. The minimum absolute atomic E-state index is 0.0254. The van der Waals surface area contributed by atoms with Gasteiger partial charge < -0.3 is 10.1 Å². The van der Waals surface area contributed by atoms with Crippen LogP contribution >= 0.6 is 11.6 Å². The van der Waals surface area contributed by atoms with E-state index in [4.69, 9.17) is 11.6 Å². The summed E-state index contributed by atoms with van der Waals surface area (Å²) in [5.74, 6) is -0.738. The average Bonchev–Trinajstić information content (AvgIpc) is 2.48. The maximum Gasteiger partial charge on any atom is 0.339 e. The van der Waals surface area contributed by atoms with Crippen molar-refractivity contribution in [3.05, 3.63) is 28.8 Å². The molecule has 1 aromatic carbocycles. The minimum atomic E-state index is -3.84. The molecular weight excluding hydrogens is 328 g/mol. The fourth-order valence-corrected chi connectivity index (χ4v) is 4.17. The molecule has 1 fully saturated rings. The zero-order valence-electron chi connectivity index (χ0n) is 12.4. The van der Waals surface area contributed by atoms with Crippen molar-refractivity contribution in [2.45, 2.75) is 36.7 Å². The number of nitrogens with one attached hydrogen (secondary N) is 2. The van der Waals surface area contributed by atoms with Crippen LogP contribution in [0.2, 0.25) is 5.02 Å². The lowest BCUT2D eigenvalue weighted by molar-refractivity contribution is 0.0596. The number of piperidine rings is 1. The summed E-state index contributed by atoms with van der Waals surface area (Å²) in [4.78, 5) is 11.7. The third kappa shape index (κ3) is 3.78. The molecule has 2 N–H and O–H groups in total. The van der Waals surface area contributed by atoms with Crippen LogP contribution in [0.25, 0.3) is 0 Å². The molecule has 2 atom stereocenters. The second-order valence-electron chi connectivity index (χ2n) is 5.24. The smallest absolute Gasteiger partial charge is 0.339 e. The fraction of sp³-hybridized carbons (Fsp3) is 0.500. The highest BCUT2D eigenvalue weighted by molar-refractivity contribution is 7.89. The molecule has 1 aliphatic heterocycles. The van der Waals surface area contributed by atoms with E-state index in [1.54, 1.807) is 0 Å². The first-order valence-electron chi connectivity index (χ1n) is 6.98. The zero-order valence-corrected chi connectivity index (χ0v) is 14.0. The van der Waals surface area contributed by atoms with Crippen molar-refractivity contribution in [3.8, 4) is 0 Å². The van der Waals surface area contributed by atoms with Crippen LogP contribution in [0, 0.1) is 0 Å². The van der Waals surface area contributed by atoms with Crippen molar-refractivity contribution in [3.63, 3.8) is 0 Å². The summed E-state index contributed by atoms with van der Waals surface area (Å²) in [6.07, 6.45) is 1.64. The second kappa shape index (κ2) is 6.95. The number of ether oxygens (including phenoxy) is 1. The standard InChI is InChI=1S/C14H19ClN2O4S/c1-9-12(4-3-7-16-9)17-22(19,20)13-6-5-10(15)8-11(13)14(18)21-2/h5-6,8-9,12,16-17H,3-4,7H2,1-2H3. The summed E-state index contributed by atoms with van der Waals surface area (Å²) in [6, 6.07) is 3.85. The van der Waals surface area contributed by atoms with Crippen molar-refractivity contribution in [1.29, 1.82) is 0 Å². The second-order valence-corrected chi connectivity index (χ2v) is 7.36. The van der Waals surface area contributed by atoms with Crippen molar-refractivity contribution in [2.75, 3.05) is 13.7 Å². The molecule has 0 radical (unpaired) electrons. The summed E-state index contributed by atoms with van der Waals surface area (Å²) in [5, 5.41) is 3.49. The van der Waals surface area contributed by atoms with Crippen LogP contribution in [-0.4, -0.2) is 40.1 Å². The van der Waals surface area contributed by atoms with Crippen LogP contribution < -0.4 is 10.0 Å². The van der Waals surface area contributed by atoms with Gasteiger partial charge in [0, 0.05) is 17.1 Å². The molecule has 8 heteroatoms. The molecular formula is C14H19ClN2O4S. The Labute approximate surface area is 135 Å². The predicted molar refractivity (Wildman–Crippen MR) is 83.6 cm³/mol. The first-order valence-corrected chi connectivity index (χ1v) is 8.85. The van der Waals surface area contributed by atoms with Gasteiger partial charge in [0.1, 0.15) is 0 Å². The molecule has 1 aromatic rings. The van der Waals surface area contributed by atoms with Crippen LogP contribution in [0.1, 0.15) is 30.1 Å². The number of hydrogen-bond donors (Lipinski definition) is 2. The Morgan fingerprint density at radius 1 is 1.45 bits per heavy atom. The van der Waals surface area contributed by atoms with Crippen LogP contribution in [0.3, 0.4) is 0 Å². The molecule has 6 nitrogen and oxygen atoms in total. The summed E-state index contributed by atoms with van der Waals surface area (Å²) >= 11 is 5.85. The number of halogens is 1. The molecule has 0 saturated carbocycles. The average molecular weight is 347 g/mol. The van der Waals surface area contributed by atoms with Gasteiger partial charge in [-0.1, -0.05) is 11.6 Å². The molecule has 0 amide bonds. The highest BCUT2D eigenvalue weighted by Crippen LogP contribution is 2.22. The molecule has 22 heavy (non-hydrogen) atoms. The van der Waals surface area contributed by atoms with E-state index in [9.17, 15) is 13.2 Å². The quantitative estimate of drug-likeness (QED) is 0.808. The van der Waals surface area contributed by atoms with Gasteiger partial charge in [-0.3, -0.25) is 0 Å². The summed E-state index contributed by atoms with van der Waals surface area (Å²) in [7, 11) is -2.65. The minimum Gasteiger partial charge on any atom is -0.465 e. The van der Waals surface area contributed by atoms with E-state index < -0.39 is 16.0 Å². The zero-order chi connectivity index (χ0) is 16.3. The lowest BCUT2D eigenvalue weighted by Gasteiger charge is -2.30. The number of benzene rings is 1. The Bertz CT molecular complexity index is 663. The Morgan fingerprint density at radius 3 is 2.82 bits per heavy atom. The molecule has 0 bridgehead atoms. The number of esters is 1. The van der Waals surface area contributed by atoms with Gasteiger partial charge >= 0.3 is 5.97 Å². The van der Waals surface area contributed by atoms with Gasteiger partial charge in [-0.05, 0) is 44.5 Å². The Kier molecular flexibility index (Phi) is 5.44. The van der Waals surface area contributed by atoms with Gasteiger partial charge in [0.15, 0.2) is 0 Å². The highest BCUT2D eigenvalue weighted by atomic mass is 35.5. The van der Waals surface area contributed by atoms with Gasteiger partial charge in [-0.15, -0.1) is 0 Å². The van der Waals surface area contributed by atoms with E-state index in [0.717, 1.165) is 19.4 Å². The number of hydrogen-bond acceptors (Lipinski definition) is 5. The Balaban J connectivity index is 2.34. The van der Waals surface area contributed by atoms with E-state index in [1.807, 2.05) is 6.92 Å². The van der Waals surface area contributed by atoms with E-state index >= 15 is 0 Å². The summed E-state index contributed by atoms with van der Waals surface area (Å²) in [5.41, 5.74) is -0.0704. The molecule has 2 unspecified atom stereocenters. The normalized spacial score (nSPS) is 22.3. The third-order valence-electron chi connectivity index (χ3n) is 3.70. The topological polar surface area (TPSA) is 84.5 Å². The molecule has 1 saturated heterocycles. The van der Waals surface area contributed by atoms with Crippen LogP contribution in [-0.2, 0) is 14.8 Å². The molecule has 0 aromatic heterocycles. The van der Waals surface area contributed by atoms with Gasteiger partial charge in [0.2, 0.25) is 10.0 Å². The molecule has 1 heterocycles. The number of rotatable bonds is 4. The Morgan fingerprint density at radius 2 is 2.18 bits per heavy atom. The maximum atomic E-state index is 12.6. The van der Waals surface area contributed by atoms with E-state index in [0.29, 0.717) is 0 Å². The fourth-order valence-electron chi connectivity index (χ4n) is 2.47. The van der Waals surface area contributed by atoms with Gasteiger partial charge in [-0.2, -0.15) is 0 Å². The number of carbonyl (C=O) groups is 1. The summed E-state index contributed by atoms with van der Waals surface area (Å²) in [6.45, 7) is 2.79. The predicted octanol–water partition coefficient (Wildman–Crippen LogP) is 1.55. The third-order valence-corrected chi connectivity index (χ3v) is 5.49. The van der Waals surface area contributed by atoms with Crippen LogP contribution in [0.15, 0.2) is 23.1 Å². The monoisotopic (exact) mass is 346 g/mol. The number of carbonyl (C=O) groups excluding carboxylic acids is 1. The van der Waals surface area contributed by atoms with Gasteiger partial charge in [0.25, 0.3) is 0 Å². The van der Waals surface area contributed by atoms with E-state index in [-0.39, 0.29) is 27.6 Å². The van der Waals surface area contributed by atoms with Crippen molar-refractivity contribution >= 4 is 27.6 Å². The highest BCUT2D eigenvalue weighted by Gasteiger charge is 2.29. The lowest BCUT2D eigenvalue weighted by Crippen LogP contribution is -2.51. The van der Waals surface area contributed by atoms with Crippen molar-refractivity contribution in [2.24, 2.45) is 0 Å². The molecule has 0 spiro atoms. The first kappa shape index (κ1) is 17.2. The SMILES string of the molecule is COC(=O)c1cc(Cl)ccc1S(=O)(=O)NC1CCCNC1C. The largest absolute Gasteiger partial charge is 0.465 e. The van der Waals surface area contributed by atoms with Crippen LogP contribution in [0.4, 0.5) is 0 Å².